The lowest BCUT2D eigenvalue weighted by molar-refractivity contribution is -0.413. The summed E-state index contributed by atoms with van der Waals surface area (Å²) in [6, 6.07) is 0. The Labute approximate surface area is 439 Å². The van der Waals surface area contributed by atoms with Crippen LogP contribution in [0.3, 0.4) is 0 Å². The molecule has 35 atom stereocenters. The van der Waals surface area contributed by atoms with Gasteiger partial charge in [0.05, 0.1) is 46.2 Å². The summed E-state index contributed by atoms with van der Waals surface area (Å²) in [5.74, 6) is 0. The topological polar surface area (TPSA) is 585 Å². The van der Waals surface area contributed by atoms with Crippen molar-refractivity contribution >= 4 is 0 Å². The van der Waals surface area contributed by atoms with E-state index in [1.165, 1.54) is 0 Å². The third-order valence-corrected chi connectivity index (χ3v) is 14.5. The molecule has 7 aliphatic heterocycles. The molecule has 1 unspecified atom stereocenters. The van der Waals surface area contributed by atoms with Gasteiger partial charge in [-0.2, -0.15) is 0 Å². The van der Waals surface area contributed by atoms with E-state index in [-0.39, 0.29) is 0 Å². The predicted molar refractivity (Wildman–Crippen MR) is 232 cm³/mol. The number of aliphatic hydroxyl groups is 23. The van der Waals surface area contributed by atoms with Gasteiger partial charge < -0.3 is 179 Å². The molecule has 7 saturated heterocycles. The third kappa shape index (κ3) is 13.1. The maximum Gasteiger partial charge on any atom is 0.187 e. The van der Waals surface area contributed by atoms with Gasteiger partial charge in [-0.1, -0.05) is 0 Å². The fraction of sp³-hybridized carbons (Fsp3) is 1.00. The average Bonchev–Trinajstić information content (AvgIpc) is 3.49. The van der Waals surface area contributed by atoms with Gasteiger partial charge in [-0.3, -0.25) is 0 Å². The molecule has 7 heterocycles. The Morgan fingerprint density at radius 3 is 0.885 bits per heavy atom. The fourth-order valence-electron chi connectivity index (χ4n) is 9.81. The Balaban J connectivity index is 1.21. The van der Waals surface area contributed by atoms with Crippen molar-refractivity contribution in [1.82, 2.24) is 0 Å². The molecule has 78 heavy (non-hydrogen) atoms. The lowest BCUT2D eigenvalue weighted by Crippen LogP contribution is -2.69. The van der Waals surface area contributed by atoms with Crippen LogP contribution < -0.4 is 0 Å². The minimum Gasteiger partial charge on any atom is -0.394 e. The molecule has 23 N–H and O–H groups in total. The largest absolute Gasteiger partial charge is 0.394 e. The Bertz CT molecular complexity index is 1820. The van der Waals surface area contributed by atoms with E-state index in [1.807, 2.05) is 0 Å². The highest BCUT2D eigenvalue weighted by atomic mass is 16.8. The second kappa shape index (κ2) is 27.5. The molecule has 0 bridgehead atoms. The first-order valence-corrected chi connectivity index (χ1v) is 24.7. The van der Waals surface area contributed by atoms with E-state index in [9.17, 15) is 117 Å². The van der Waals surface area contributed by atoms with Crippen LogP contribution in [0, 0.1) is 0 Å². The van der Waals surface area contributed by atoms with Gasteiger partial charge in [-0.25, -0.2) is 0 Å². The van der Waals surface area contributed by atoms with Gasteiger partial charge in [-0.05, 0) is 0 Å². The van der Waals surface area contributed by atoms with Gasteiger partial charge in [-0.15, -0.1) is 0 Å². The normalized spacial score (nSPS) is 53.5. The summed E-state index contributed by atoms with van der Waals surface area (Å²) in [6.07, 6.45) is -71.9. The summed E-state index contributed by atoms with van der Waals surface area (Å²) in [4.78, 5) is 0. The summed E-state index contributed by atoms with van der Waals surface area (Å²) in [5.41, 5.74) is 0. The van der Waals surface area contributed by atoms with Crippen LogP contribution in [0.15, 0.2) is 0 Å². The molecule has 36 heteroatoms. The Morgan fingerprint density at radius 2 is 0.487 bits per heavy atom. The SMILES string of the molecule is OC[C@H]1O[C@H](OC[C@H]2O[C@H](O[C@@H]3[C@@H](O[C@@H]4[C@@H](O[C@@H]5C(O)O[C@H](CO)[C@@H](O)[C@@H]5O)O[C@H](CO)[C@@H](O)[C@@H]4O)O[C@H](CO)[C@@H](O)[C@@H]3O)[C@@H](O)[C@@H](O[C@H]3O[C@H](CO)[C@@H](O)[C@H](O)[C@@H]3O[C@H]3O[C@H](CO)[C@@H](O)[C@H](O)[C@@H]3O)[C@@H]2O)[C@@H](O)[C@@H](O)[C@@H]1O. The Hall–Kier alpha value is -1.44. The Morgan fingerprint density at radius 1 is 0.218 bits per heavy atom. The number of ether oxygens (including phenoxy) is 13. The standard InChI is InChI=1S/C42H72O36/c43-1-8-17(51)24(58)32(36(65)67-8)75-41-35(27(61)20(54)12(5-47)71-41)78-42-34(26(60)19(53)13(6-48)72-42)77-39-30(64)31(21(55)14(73-39)7-66-37-28(62)22(56)15(49)9(2-44)68-37)74-40-33(25(59)18(52)11(4-46)70-40)76-38-29(63)23(57)16(50)10(3-45)69-38/h8-65H,1-7H2/t8-,9-,10-,11-,12-,13-,14-,15-,16-,17-,18-,19-,20-,21-,22+,23+,24+,25+,26+,27+,28+,29+,30+,31+,32+,33+,34+,35+,36?,37+,38-,39-,40-,41-,42-/m1/s1. The molecule has 0 aromatic carbocycles. The minimum atomic E-state index is -2.47. The van der Waals surface area contributed by atoms with Gasteiger partial charge in [0.2, 0.25) is 0 Å². The number of hydrogen-bond acceptors (Lipinski definition) is 36. The summed E-state index contributed by atoms with van der Waals surface area (Å²) < 4.78 is 73.7. The van der Waals surface area contributed by atoms with Gasteiger partial charge in [0.25, 0.3) is 0 Å². The van der Waals surface area contributed by atoms with Crippen molar-refractivity contribution in [2.24, 2.45) is 0 Å². The molecule has 0 aromatic heterocycles. The predicted octanol–water partition coefficient (Wildman–Crippen LogP) is -16.3. The van der Waals surface area contributed by atoms with Crippen LogP contribution in [-0.2, 0) is 61.6 Å². The van der Waals surface area contributed by atoms with Crippen molar-refractivity contribution in [1.29, 1.82) is 0 Å². The first-order chi connectivity index (χ1) is 37.0. The van der Waals surface area contributed by atoms with Gasteiger partial charge in [0, 0.05) is 0 Å². The lowest BCUT2D eigenvalue weighted by Gasteiger charge is -2.50. The van der Waals surface area contributed by atoms with Crippen LogP contribution in [0.25, 0.3) is 0 Å². The maximum atomic E-state index is 12.1. The molecule has 0 spiro atoms. The molecule has 0 saturated carbocycles. The maximum absolute atomic E-state index is 12.1. The van der Waals surface area contributed by atoms with E-state index >= 15 is 0 Å². The van der Waals surface area contributed by atoms with Gasteiger partial charge in [0.15, 0.2) is 44.0 Å². The average molecular weight is 1150 g/mol. The van der Waals surface area contributed by atoms with Crippen LogP contribution in [0.1, 0.15) is 0 Å². The van der Waals surface area contributed by atoms with E-state index < -0.39 is 261 Å². The molecule has 0 radical (unpaired) electrons. The summed E-state index contributed by atoms with van der Waals surface area (Å²) >= 11 is 0. The second-order valence-corrected chi connectivity index (χ2v) is 19.6. The summed E-state index contributed by atoms with van der Waals surface area (Å²) in [5, 5.41) is 246. The molecule has 7 aliphatic rings. The summed E-state index contributed by atoms with van der Waals surface area (Å²) in [6.45, 7) is -6.95. The van der Waals surface area contributed by atoms with E-state index in [0.717, 1.165) is 0 Å². The molecular weight excluding hydrogens is 1080 g/mol. The second-order valence-electron chi connectivity index (χ2n) is 19.6. The molecule has 0 aromatic rings. The molecule has 36 nitrogen and oxygen atoms in total. The highest BCUT2D eigenvalue weighted by Crippen LogP contribution is 2.38. The van der Waals surface area contributed by atoms with Crippen LogP contribution in [0.2, 0.25) is 0 Å². The van der Waals surface area contributed by atoms with E-state index in [1.54, 1.807) is 0 Å². The van der Waals surface area contributed by atoms with Crippen molar-refractivity contribution in [2.75, 3.05) is 46.2 Å². The third-order valence-electron chi connectivity index (χ3n) is 14.5. The minimum absolute atomic E-state index is 0.894. The van der Waals surface area contributed by atoms with E-state index in [2.05, 4.69) is 0 Å². The van der Waals surface area contributed by atoms with Crippen LogP contribution >= 0.6 is 0 Å². The first-order valence-electron chi connectivity index (χ1n) is 24.7. The quantitative estimate of drug-likeness (QED) is 0.0571. The molecule has 7 rings (SSSR count). The highest BCUT2D eigenvalue weighted by Gasteiger charge is 2.59. The van der Waals surface area contributed by atoms with Gasteiger partial charge >= 0.3 is 0 Å². The Kier molecular flexibility index (Phi) is 22.6. The monoisotopic (exact) mass is 1150 g/mol. The number of hydrogen-bond donors (Lipinski definition) is 23. The molecule has 0 amide bonds. The van der Waals surface area contributed by atoms with Crippen LogP contribution in [0.5, 0.6) is 0 Å². The van der Waals surface area contributed by atoms with Crippen molar-refractivity contribution in [3.05, 3.63) is 0 Å². The smallest absolute Gasteiger partial charge is 0.187 e. The summed E-state index contributed by atoms with van der Waals surface area (Å²) in [7, 11) is 0. The highest BCUT2D eigenvalue weighted by molar-refractivity contribution is 5.00. The first kappa shape index (κ1) is 64.1. The molecule has 456 valence electrons. The zero-order chi connectivity index (χ0) is 57.3. The molecular formula is C42H72O36. The van der Waals surface area contributed by atoms with Crippen molar-refractivity contribution < 1.29 is 179 Å². The lowest BCUT2D eigenvalue weighted by atomic mass is 9.95. The van der Waals surface area contributed by atoms with Crippen molar-refractivity contribution in [3.8, 4) is 0 Å². The number of aliphatic hydroxyl groups excluding tert-OH is 23. The number of rotatable bonds is 19. The molecule has 7 fully saturated rings. The molecule has 0 aliphatic carbocycles. The zero-order valence-corrected chi connectivity index (χ0v) is 40.8. The van der Waals surface area contributed by atoms with Crippen molar-refractivity contribution in [3.63, 3.8) is 0 Å². The van der Waals surface area contributed by atoms with Gasteiger partial charge in [0.1, 0.15) is 171 Å². The fourth-order valence-corrected chi connectivity index (χ4v) is 9.81. The van der Waals surface area contributed by atoms with Crippen LogP contribution in [0.4, 0.5) is 0 Å². The van der Waals surface area contributed by atoms with E-state index in [4.69, 9.17) is 61.6 Å². The van der Waals surface area contributed by atoms with Crippen LogP contribution in [-0.4, -0.2) is 379 Å². The van der Waals surface area contributed by atoms with E-state index in [0.29, 0.717) is 0 Å². The van der Waals surface area contributed by atoms with Crippen molar-refractivity contribution in [2.45, 2.75) is 215 Å². The zero-order valence-electron chi connectivity index (χ0n) is 40.8.